The van der Waals surface area contributed by atoms with Crippen molar-refractivity contribution in [3.05, 3.63) is 0 Å². The van der Waals surface area contributed by atoms with E-state index >= 15 is 0 Å². The summed E-state index contributed by atoms with van der Waals surface area (Å²) in [6.07, 6.45) is 2.58. The van der Waals surface area contributed by atoms with E-state index in [1.807, 2.05) is 6.92 Å². The Morgan fingerprint density at radius 3 is 2.87 bits per heavy atom. The van der Waals surface area contributed by atoms with E-state index < -0.39 is 0 Å². The molecule has 1 saturated heterocycles. The first kappa shape index (κ1) is 12.5. The second-order valence-corrected chi connectivity index (χ2v) is 4.32. The van der Waals surface area contributed by atoms with Gasteiger partial charge in [-0.25, -0.2) is 0 Å². The molecule has 0 aromatic rings. The van der Waals surface area contributed by atoms with Crippen molar-refractivity contribution in [2.45, 2.75) is 45.2 Å². The summed E-state index contributed by atoms with van der Waals surface area (Å²) in [4.78, 5) is 11.8. The lowest BCUT2D eigenvalue weighted by atomic mass is 10.0. The fraction of sp³-hybridized carbons (Fsp3) is 0.909. The number of nitrogens with one attached hydrogen (secondary N) is 2. The van der Waals surface area contributed by atoms with Crippen LogP contribution in [0, 0.1) is 5.92 Å². The van der Waals surface area contributed by atoms with Crippen molar-refractivity contribution >= 4 is 5.91 Å². The van der Waals surface area contributed by atoms with Gasteiger partial charge in [0.1, 0.15) is 0 Å². The molecule has 15 heavy (non-hydrogen) atoms. The van der Waals surface area contributed by atoms with Gasteiger partial charge in [0.05, 0.1) is 6.04 Å². The molecule has 1 fully saturated rings. The zero-order chi connectivity index (χ0) is 11.3. The average molecular weight is 214 g/mol. The molecule has 3 N–H and O–H groups in total. The predicted molar refractivity (Wildman–Crippen MR) is 59.5 cm³/mol. The molecule has 0 aromatic carbocycles. The fourth-order valence-electron chi connectivity index (χ4n) is 2.01. The highest BCUT2D eigenvalue weighted by Gasteiger charge is 2.29. The third kappa shape index (κ3) is 3.47. The Balaban J connectivity index is 2.39. The number of rotatable bonds is 5. The standard InChI is InChI=1S/C11H22N2O2/c1-3-9(5-7-14)13-11(15)10-8(2)4-6-12-10/h8-10,12,14H,3-7H2,1-2H3,(H,13,15). The van der Waals surface area contributed by atoms with Crippen LogP contribution in [-0.4, -0.2) is 36.2 Å². The van der Waals surface area contributed by atoms with Gasteiger partial charge < -0.3 is 15.7 Å². The minimum Gasteiger partial charge on any atom is -0.396 e. The van der Waals surface area contributed by atoms with Gasteiger partial charge in [-0.15, -0.1) is 0 Å². The summed E-state index contributed by atoms with van der Waals surface area (Å²) < 4.78 is 0. The molecular formula is C11H22N2O2. The van der Waals surface area contributed by atoms with Gasteiger partial charge in [0.15, 0.2) is 0 Å². The van der Waals surface area contributed by atoms with Crippen LogP contribution in [0.4, 0.5) is 0 Å². The summed E-state index contributed by atoms with van der Waals surface area (Å²) in [6, 6.07) is 0.0647. The minimum atomic E-state index is -0.0438. The molecule has 4 nitrogen and oxygen atoms in total. The molecule has 4 heteroatoms. The number of carbonyl (C=O) groups is 1. The first-order chi connectivity index (χ1) is 7.19. The van der Waals surface area contributed by atoms with Crippen molar-refractivity contribution < 1.29 is 9.90 Å². The largest absolute Gasteiger partial charge is 0.396 e. The molecule has 0 aromatic heterocycles. The molecule has 3 unspecified atom stereocenters. The quantitative estimate of drug-likeness (QED) is 0.615. The number of carbonyl (C=O) groups excluding carboxylic acids is 1. The molecule has 88 valence electrons. The first-order valence-electron chi connectivity index (χ1n) is 5.83. The van der Waals surface area contributed by atoms with E-state index in [9.17, 15) is 4.79 Å². The van der Waals surface area contributed by atoms with Crippen molar-refractivity contribution in [1.82, 2.24) is 10.6 Å². The molecule has 0 saturated carbocycles. The Bertz CT molecular complexity index is 209. The van der Waals surface area contributed by atoms with Gasteiger partial charge in [0, 0.05) is 12.6 Å². The number of hydrogen-bond donors (Lipinski definition) is 3. The van der Waals surface area contributed by atoms with Gasteiger partial charge >= 0.3 is 0 Å². The highest BCUT2D eigenvalue weighted by atomic mass is 16.3. The van der Waals surface area contributed by atoms with Gasteiger partial charge in [-0.05, 0) is 31.7 Å². The Labute approximate surface area is 91.4 Å². The van der Waals surface area contributed by atoms with E-state index in [2.05, 4.69) is 17.6 Å². The maximum absolute atomic E-state index is 11.8. The number of hydrogen-bond acceptors (Lipinski definition) is 3. The number of aliphatic hydroxyl groups excluding tert-OH is 1. The van der Waals surface area contributed by atoms with E-state index in [-0.39, 0.29) is 24.6 Å². The third-order valence-electron chi connectivity index (χ3n) is 3.13. The van der Waals surface area contributed by atoms with Gasteiger partial charge in [-0.2, -0.15) is 0 Å². The molecule has 3 atom stereocenters. The molecule has 0 aliphatic carbocycles. The van der Waals surface area contributed by atoms with E-state index in [1.54, 1.807) is 0 Å². The van der Waals surface area contributed by atoms with Crippen molar-refractivity contribution in [2.75, 3.05) is 13.2 Å². The smallest absolute Gasteiger partial charge is 0.237 e. The molecule has 0 bridgehead atoms. The highest BCUT2D eigenvalue weighted by Crippen LogP contribution is 2.14. The van der Waals surface area contributed by atoms with Crippen molar-refractivity contribution in [1.29, 1.82) is 0 Å². The van der Waals surface area contributed by atoms with Crippen LogP contribution >= 0.6 is 0 Å². The fourth-order valence-corrected chi connectivity index (χ4v) is 2.01. The predicted octanol–water partition coefficient (Wildman–Crippen LogP) is 0.262. The van der Waals surface area contributed by atoms with E-state index in [0.717, 1.165) is 19.4 Å². The van der Waals surface area contributed by atoms with E-state index in [4.69, 9.17) is 5.11 Å². The topological polar surface area (TPSA) is 61.4 Å². The summed E-state index contributed by atoms with van der Waals surface area (Å²) in [5, 5.41) is 15.0. The Kier molecular flexibility index (Phi) is 5.05. The second-order valence-electron chi connectivity index (χ2n) is 4.32. The minimum absolute atomic E-state index is 0.0438. The summed E-state index contributed by atoms with van der Waals surface area (Å²) in [6.45, 7) is 5.17. The molecule has 1 heterocycles. The van der Waals surface area contributed by atoms with Gasteiger partial charge in [0.2, 0.25) is 5.91 Å². The Hall–Kier alpha value is -0.610. The van der Waals surface area contributed by atoms with Gasteiger partial charge in [-0.3, -0.25) is 4.79 Å². The van der Waals surface area contributed by atoms with Crippen LogP contribution in [0.15, 0.2) is 0 Å². The molecular weight excluding hydrogens is 192 g/mol. The molecule has 1 aliphatic heterocycles. The van der Waals surface area contributed by atoms with E-state index in [0.29, 0.717) is 12.3 Å². The van der Waals surface area contributed by atoms with Gasteiger partial charge in [-0.1, -0.05) is 13.8 Å². The zero-order valence-corrected chi connectivity index (χ0v) is 9.62. The lowest BCUT2D eigenvalue weighted by Gasteiger charge is -2.21. The van der Waals surface area contributed by atoms with Crippen LogP contribution in [0.25, 0.3) is 0 Å². The average Bonchev–Trinajstić information content (AvgIpc) is 2.63. The van der Waals surface area contributed by atoms with Crippen molar-refractivity contribution in [2.24, 2.45) is 5.92 Å². The zero-order valence-electron chi connectivity index (χ0n) is 9.62. The summed E-state index contributed by atoms with van der Waals surface area (Å²) in [5.41, 5.74) is 0. The lowest BCUT2D eigenvalue weighted by molar-refractivity contribution is -0.124. The first-order valence-corrected chi connectivity index (χ1v) is 5.83. The lowest BCUT2D eigenvalue weighted by Crippen LogP contribution is -2.47. The van der Waals surface area contributed by atoms with Gasteiger partial charge in [0.25, 0.3) is 0 Å². The molecule has 0 spiro atoms. The normalized spacial score (nSPS) is 27.7. The van der Waals surface area contributed by atoms with Crippen molar-refractivity contribution in [3.63, 3.8) is 0 Å². The molecule has 1 rings (SSSR count). The molecule has 1 aliphatic rings. The Morgan fingerprint density at radius 2 is 2.40 bits per heavy atom. The van der Waals surface area contributed by atoms with Crippen LogP contribution in [0.5, 0.6) is 0 Å². The maximum Gasteiger partial charge on any atom is 0.237 e. The number of aliphatic hydroxyl groups is 1. The van der Waals surface area contributed by atoms with Crippen LogP contribution in [0.3, 0.4) is 0 Å². The van der Waals surface area contributed by atoms with Crippen LogP contribution in [-0.2, 0) is 4.79 Å². The van der Waals surface area contributed by atoms with Crippen LogP contribution < -0.4 is 10.6 Å². The highest BCUT2D eigenvalue weighted by molar-refractivity contribution is 5.82. The second kappa shape index (κ2) is 6.08. The Morgan fingerprint density at radius 1 is 1.67 bits per heavy atom. The number of amides is 1. The monoisotopic (exact) mass is 214 g/mol. The van der Waals surface area contributed by atoms with Crippen LogP contribution in [0.2, 0.25) is 0 Å². The summed E-state index contributed by atoms with van der Waals surface area (Å²) in [5.74, 6) is 0.497. The SMILES string of the molecule is CCC(CCO)NC(=O)C1NCCC1C. The summed E-state index contributed by atoms with van der Waals surface area (Å²) in [7, 11) is 0. The summed E-state index contributed by atoms with van der Waals surface area (Å²) >= 11 is 0. The third-order valence-corrected chi connectivity index (χ3v) is 3.13. The van der Waals surface area contributed by atoms with Crippen molar-refractivity contribution in [3.8, 4) is 0 Å². The maximum atomic E-state index is 11.8. The molecule has 0 radical (unpaired) electrons. The molecule has 1 amide bonds. The van der Waals surface area contributed by atoms with Crippen LogP contribution in [0.1, 0.15) is 33.1 Å². The van der Waals surface area contributed by atoms with E-state index in [1.165, 1.54) is 0 Å².